The number of carbonyl (C=O) groups excluding carboxylic acids is 1. The predicted octanol–water partition coefficient (Wildman–Crippen LogP) is 1.30. The SMILES string of the molecule is CC(C(=O)Nc1nccs1)N1CCC2(CCN2)CC1. The van der Waals surface area contributed by atoms with E-state index in [2.05, 4.69) is 20.5 Å². The fourth-order valence-corrected chi connectivity index (χ4v) is 3.44. The third-order valence-electron chi connectivity index (χ3n) is 4.45. The van der Waals surface area contributed by atoms with Crippen molar-refractivity contribution in [2.75, 3.05) is 25.0 Å². The summed E-state index contributed by atoms with van der Waals surface area (Å²) in [5.41, 5.74) is 0.391. The molecule has 0 bridgehead atoms. The number of thiazole rings is 1. The zero-order chi connectivity index (χ0) is 13.3. The summed E-state index contributed by atoms with van der Waals surface area (Å²) in [6.07, 6.45) is 5.31. The Hall–Kier alpha value is -0.980. The minimum Gasteiger partial charge on any atom is -0.311 e. The molecule has 5 nitrogen and oxygen atoms in total. The first kappa shape index (κ1) is 13.0. The minimum atomic E-state index is -0.0821. The molecule has 2 saturated heterocycles. The number of rotatable bonds is 3. The molecule has 0 aliphatic carbocycles. The third-order valence-corrected chi connectivity index (χ3v) is 5.14. The number of carbonyl (C=O) groups is 1. The molecule has 104 valence electrons. The fourth-order valence-electron chi connectivity index (χ4n) is 2.91. The molecule has 0 saturated carbocycles. The van der Waals surface area contributed by atoms with Crippen molar-refractivity contribution in [1.29, 1.82) is 0 Å². The van der Waals surface area contributed by atoms with Crippen LogP contribution in [0.5, 0.6) is 0 Å². The third kappa shape index (κ3) is 2.66. The normalized spacial score (nSPS) is 23.8. The summed E-state index contributed by atoms with van der Waals surface area (Å²) in [5, 5.41) is 8.98. The first-order valence-corrected chi connectivity index (χ1v) is 7.76. The number of nitrogens with zero attached hydrogens (tertiary/aromatic N) is 2. The van der Waals surface area contributed by atoms with Crippen LogP contribution < -0.4 is 10.6 Å². The highest BCUT2D eigenvalue weighted by Gasteiger charge is 2.40. The Morgan fingerprint density at radius 2 is 2.26 bits per heavy atom. The van der Waals surface area contributed by atoms with Gasteiger partial charge in [-0.2, -0.15) is 0 Å². The molecule has 1 spiro atoms. The number of hydrogen-bond acceptors (Lipinski definition) is 5. The number of aromatic nitrogens is 1. The maximum absolute atomic E-state index is 12.2. The topological polar surface area (TPSA) is 57.3 Å². The molecular weight excluding hydrogens is 260 g/mol. The number of amides is 1. The van der Waals surface area contributed by atoms with E-state index in [1.807, 2.05) is 12.3 Å². The summed E-state index contributed by atoms with van der Waals surface area (Å²) in [6, 6.07) is -0.0821. The monoisotopic (exact) mass is 280 g/mol. The molecule has 2 aliphatic heterocycles. The highest BCUT2D eigenvalue weighted by Crippen LogP contribution is 2.31. The molecule has 1 aromatic heterocycles. The van der Waals surface area contributed by atoms with Gasteiger partial charge in [-0.3, -0.25) is 9.69 Å². The maximum Gasteiger partial charge on any atom is 0.243 e. The molecule has 2 aliphatic rings. The van der Waals surface area contributed by atoms with E-state index in [-0.39, 0.29) is 11.9 Å². The summed E-state index contributed by atoms with van der Waals surface area (Å²) >= 11 is 1.46. The average molecular weight is 280 g/mol. The highest BCUT2D eigenvalue weighted by atomic mass is 32.1. The van der Waals surface area contributed by atoms with Crippen molar-refractivity contribution in [2.24, 2.45) is 0 Å². The lowest BCUT2D eigenvalue weighted by molar-refractivity contribution is -0.121. The minimum absolute atomic E-state index is 0.0486. The number of anilines is 1. The van der Waals surface area contributed by atoms with Crippen molar-refractivity contribution in [3.63, 3.8) is 0 Å². The van der Waals surface area contributed by atoms with E-state index in [9.17, 15) is 4.79 Å². The van der Waals surface area contributed by atoms with E-state index in [1.54, 1.807) is 6.20 Å². The average Bonchev–Trinajstić information content (AvgIpc) is 2.89. The van der Waals surface area contributed by atoms with Crippen molar-refractivity contribution >= 4 is 22.4 Å². The van der Waals surface area contributed by atoms with Crippen LogP contribution in [0, 0.1) is 0 Å². The number of likely N-dealkylation sites (tertiary alicyclic amines) is 1. The summed E-state index contributed by atoms with van der Waals surface area (Å²) < 4.78 is 0. The Bertz CT molecular complexity index is 434. The highest BCUT2D eigenvalue weighted by molar-refractivity contribution is 7.13. The molecule has 0 radical (unpaired) electrons. The van der Waals surface area contributed by atoms with Gasteiger partial charge in [0.05, 0.1) is 6.04 Å². The first-order valence-electron chi connectivity index (χ1n) is 6.88. The number of piperidine rings is 1. The molecule has 1 unspecified atom stereocenters. The largest absolute Gasteiger partial charge is 0.311 e. The molecule has 1 atom stereocenters. The van der Waals surface area contributed by atoms with Crippen molar-refractivity contribution in [3.05, 3.63) is 11.6 Å². The van der Waals surface area contributed by atoms with Gasteiger partial charge < -0.3 is 10.6 Å². The second kappa shape index (κ2) is 5.19. The molecule has 0 aromatic carbocycles. The van der Waals surface area contributed by atoms with Gasteiger partial charge in [-0.25, -0.2) is 4.98 Å². The zero-order valence-corrected chi connectivity index (χ0v) is 12.0. The molecule has 2 fully saturated rings. The van der Waals surface area contributed by atoms with Crippen molar-refractivity contribution in [2.45, 2.75) is 37.8 Å². The van der Waals surface area contributed by atoms with Crippen LogP contribution in [0.3, 0.4) is 0 Å². The van der Waals surface area contributed by atoms with Gasteiger partial charge in [-0.15, -0.1) is 11.3 Å². The van der Waals surface area contributed by atoms with Gasteiger partial charge in [-0.1, -0.05) is 0 Å². The Kier molecular flexibility index (Phi) is 3.56. The van der Waals surface area contributed by atoms with Gasteiger partial charge in [0, 0.05) is 30.2 Å². The predicted molar refractivity (Wildman–Crippen MR) is 76.4 cm³/mol. The lowest BCUT2D eigenvalue weighted by Gasteiger charge is -2.49. The molecule has 3 heterocycles. The summed E-state index contributed by atoms with van der Waals surface area (Å²) in [5.74, 6) is 0.0486. The van der Waals surface area contributed by atoms with Crippen LogP contribution in [0.15, 0.2) is 11.6 Å². The first-order chi connectivity index (χ1) is 9.19. The van der Waals surface area contributed by atoms with E-state index in [4.69, 9.17) is 0 Å². The Morgan fingerprint density at radius 3 is 2.79 bits per heavy atom. The van der Waals surface area contributed by atoms with E-state index in [0.717, 1.165) is 32.5 Å². The summed E-state index contributed by atoms with van der Waals surface area (Å²) in [7, 11) is 0. The number of hydrogen-bond donors (Lipinski definition) is 2. The van der Waals surface area contributed by atoms with E-state index in [0.29, 0.717) is 10.7 Å². The zero-order valence-electron chi connectivity index (χ0n) is 11.2. The Labute approximate surface area is 117 Å². The van der Waals surface area contributed by atoms with E-state index < -0.39 is 0 Å². The number of nitrogens with one attached hydrogen (secondary N) is 2. The molecule has 19 heavy (non-hydrogen) atoms. The molecule has 3 rings (SSSR count). The van der Waals surface area contributed by atoms with Crippen LogP contribution in [0.4, 0.5) is 5.13 Å². The lowest BCUT2D eigenvalue weighted by atomic mass is 9.79. The van der Waals surface area contributed by atoms with Crippen LogP contribution in [0.25, 0.3) is 0 Å². The van der Waals surface area contributed by atoms with E-state index >= 15 is 0 Å². The van der Waals surface area contributed by atoms with Gasteiger partial charge >= 0.3 is 0 Å². The second-order valence-corrected chi connectivity index (χ2v) is 6.39. The van der Waals surface area contributed by atoms with Crippen LogP contribution >= 0.6 is 11.3 Å². The fraction of sp³-hybridized carbons (Fsp3) is 0.692. The lowest BCUT2D eigenvalue weighted by Crippen LogP contribution is -2.63. The van der Waals surface area contributed by atoms with Gasteiger partial charge in [0.15, 0.2) is 5.13 Å². The standard InChI is InChI=1S/C13H20N4OS/c1-10(11(18)16-12-14-6-9-19-12)17-7-3-13(4-8-17)2-5-15-13/h6,9-10,15H,2-5,7-8H2,1H3,(H,14,16,18). The molecule has 6 heteroatoms. The Morgan fingerprint density at radius 1 is 1.53 bits per heavy atom. The van der Waals surface area contributed by atoms with Crippen molar-refractivity contribution in [1.82, 2.24) is 15.2 Å². The van der Waals surface area contributed by atoms with Crippen LogP contribution in [-0.2, 0) is 4.79 Å². The second-order valence-electron chi connectivity index (χ2n) is 5.50. The molecule has 1 amide bonds. The van der Waals surface area contributed by atoms with Gasteiger partial charge in [0.25, 0.3) is 0 Å². The van der Waals surface area contributed by atoms with Gasteiger partial charge in [-0.05, 0) is 32.7 Å². The van der Waals surface area contributed by atoms with Crippen LogP contribution in [0.2, 0.25) is 0 Å². The summed E-state index contributed by atoms with van der Waals surface area (Å²) in [6.45, 7) is 5.13. The quantitative estimate of drug-likeness (QED) is 0.876. The van der Waals surface area contributed by atoms with E-state index in [1.165, 1.54) is 17.8 Å². The smallest absolute Gasteiger partial charge is 0.243 e. The van der Waals surface area contributed by atoms with Crippen molar-refractivity contribution < 1.29 is 4.79 Å². The van der Waals surface area contributed by atoms with Crippen LogP contribution in [0.1, 0.15) is 26.2 Å². The molecule has 1 aromatic rings. The van der Waals surface area contributed by atoms with Gasteiger partial charge in [0.2, 0.25) is 5.91 Å². The Balaban J connectivity index is 1.52. The maximum atomic E-state index is 12.2. The van der Waals surface area contributed by atoms with Gasteiger partial charge in [0.1, 0.15) is 0 Å². The van der Waals surface area contributed by atoms with Crippen molar-refractivity contribution in [3.8, 4) is 0 Å². The molecule has 2 N–H and O–H groups in total. The summed E-state index contributed by atoms with van der Waals surface area (Å²) in [4.78, 5) is 18.5. The molecular formula is C13H20N4OS. The van der Waals surface area contributed by atoms with Crippen LogP contribution in [-0.4, -0.2) is 47.0 Å².